The number of halogens is 1. The number of rotatable bonds is 12. The number of aliphatic hydroxyl groups excluding tert-OH is 1. The third-order valence-corrected chi connectivity index (χ3v) is 8.89. The van der Waals surface area contributed by atoms with Gasteiger partial charge in [0.05, 0.1) is 37.2 Å². The molecule has 0 saturated carbocycles. The van der Waals surface area contributed by atoms with E-state index in [0.29, 0.717) is 25.8 Å². The van der Waals surface area contributed by atoms with Crippen LogP contribution in [0.3, 0.4) is 0 Å². The van der Waals surface area contributed by atoms with Crippen LogP contribution in [-0.4, -0.2) is 86.6 Å². The van der Waals surface area contributed by atoms with Crippen molar-refractivity contribution < 1.29 is 29.0 Å². The maximum atomic E-state index is 14.6. The van der Waals surface area contributed by atoms with Gasteiger partial charge in [-0.3, -0.25) is 14.4 Å². The average molecular weight is 598 g/mol. The minimum Gasteiger partial charge on any atom is -0.465 e. The Labute approximate surface area is 235 Å². The van der Waals surface area contributed by atoms with Crippen LogP contribution in [0.1, 0.15) is 67.2 Å². The van der Waals surface area contributed by atoms with Gasteiger partial charge < -0.3 is 24.4 Å². The summed E-state index contributed by atoms with van der Waals surface area (Å²) in [5, 5.41) is 10.1. The molecule has 3 aliphatic rings. The number of hydrogen-bond acceptors (Lipinski definition) is 6. The molecule has 0 aromatic heterocycles. The zero-order chi connectivity index (χ0) is 28.6. The second-order valence-electron chi connectivity index (χ2n) is 12.8. The van der Waals surface area contributed by atoms with Gasteiger partial charge in [-0.15, -0.1) is 13.2 Å². The third-order valence-electron chi connectivity index (χ3n) is 8.04. The molecule has 1 N–H and O–H groups in total. The molecule has 3 saturated heterocycles. The molecule has 214 valence electrons. The SMILES string of the molecule is C=CCCCOC(=O)[C@H]1[C@H]2C(=O)N([C@H](C)CO)C(C(=O)N(CC=C)C(C)(C)CC(C)(C)C)C23CC(Br)[C@@H]1O3. The van der Waals surface area contributed by atoms with Gasteiger partial charge in [0.1, 0.15) is 11.6 Å². The number of unbranched alkanes of at least 4 members (excludes halogenated alkanes) is 1. The van der Waals surface area contributed by atoms with Crippen LogP contribution in [0.25, 0.3) is 0 Å². The smallest absolute Gasteiger partial charge is 0.312 e. The van der Waals surface area contributed by atoms with Crippen molar-refractivity contribution in [2.45, 2.75) is 101 Å². The number of alkyl halides is 1. The predicted molar refractivity (Wildman–Crippen MR) is 150 cm³/mol. The van der Waals surface area contributed by atoms with Crippen LogP contribution < -0.4 is 0 Å². The lowest BCUT2D eigenvalue weighted by molar-refractivity contribution is -0.157. The molecule has 0 aromatic rings. The molecule has 2 bridgehead atoms. The van der Waals surface area contributed by atoms with Gasteiger partial charge in [-0.2, -0.15) is 0 Å². The minimum atomic E-state index is -1.20. The van der Waals surface area contributed by atoms with Crippen LogP contribution in [0.15, 0.2) is 25.3 Å². The summed E-state index contributed by atoms with van der Waals surface area (Å²) < 4.78 is 12.1. The highest BCUT2D eigenvalue weighted by Gasteiger charge is 2.77. The van der Waals surface area contributed by atoms with Gasteiger partial charge in [-0.25, -0.2) is 0 Å². The first kappa shape index (κ1) is 30.8. The van der Waals surface area contributed by atoms with Crippen molar-refractivity contribution in [3.8, 4) is 0 Å². The third kappa shape index (κ3) is 5.48. The van der Waals surface area contributed by atoms with Crippen molar-refractivity contribution in [2.24, 2.45) is 17.3 Å². The fourth-order valence-electron chi connectivity index (χ4n) is 6.98. The van der Waals surface area contributed by atoms with Crippen LogP contribution in [0.2, 0.25) is 0 Å². The molecule has 38 heavy (non-hydrogen) atoms. The fraction of sp³-hybridized carbons (Fsp3) is 0.759. The van der Waals surface area contributed by atoms with Gasteiger partial charge in [-0.05, 0) is 51.9 Å². The normalized spacial score (nSPS) is 31.2. The minimum absolute atomic E-state index is 0.0582. The van der Waals surface area contributed by atoms with Crippen molar-refractivity contribution in [2.75, 3.05) is 19.8 Å². The molecule has 3 unspecified atom stereocenters. The molecule has 1 spiro atoms. The number of amides is 2. The van der Waals surface area contributed by atoms with E-state index in [1.54, 1.807) is 24.0 Å². The van der Waals surface area contributed by atoms with Gasteiger partial charge in [0.2, 0.25) is 11.8 Å². The summed E-state index contributed by atoms with van der Waals surface area (Å²) in [5.41, 5.74) is -1.81. The second kappa shape index (κ2) is 11.4. The van der Waals surface area contributed by atoms with Crippen molar-refractivity contribution >= 4 is 33.7 Å². The zero-order valence-electron chi connectivity index (χ0n) is 23.7. The zero-order valence-corrected chi connectivity index (χ0v) is 25.3. The molecule has 0 radical (unpaired) electrons. The number of allylic oxidation sites excluding steroid dienone is 1. The molecule has 0 aliphatic carbocycles. The first-order valence-electron chi connectivity index (χ1n) is 13.6. The van der Waals surface area contributed by atoms with Crippen LogP contribution >= 0.6 is 15.9 Å². The van der Waals surface area contributed by atoms with Crippen molar-refractivity contribution in [3.63, 3.8) is 0 Å². The first-order chi connectivity index (χ1) is 17.7. The maximum Gasteiger partial charge on any atom is 0.312 e. The van der Waals surface area contributed by atoms with Gasteiger partial charge >= 0.3 is 5.97 Å². The topological polar surface area (TPSA) is 96.4 Å². The largest absolute Gasteiger partial charge is 0.465 e. The molecule has 3 heterocycles. The molecule has 3 rings (SSSR count). The van der Waals surface area contributed by atoms with E-state index in [-0.39, 0.29) is 35.3 Å². The maximum absolute atomic E-state index is 14.6. The second-order valence-corrected chi connectivity index (χ2v) is 14.0. The number of aliphatic hydroxyl groups is 1. The van der Waals surface area contributed by atoms with Crippen molar-refractivity contribution in [3.05, 3.63) is 25.3 Å². The summed E-state index contributed by atoms with van der Waals surface area (Å²) in [5.74, 6) is -2.76. The van der Waals surface area contributed by atoms with Crippen LogP contribution in [0, 0.1) is 17.3 Å². The monoisotopic (exact) mass is 596 g/mol. The van der Waals surface area contributed by atoms with Crippen molar-refractivity contribution in [1.82, 2.24) is 9.80 Å². The summed E-state index contributed by atoms with van der Waals surface area (Å²) in [4.78, 5) is 45.0. The lowest BCUT2D eigenvalue weighted by Crippen LogP contribution is -2.62. The van der Waals surface area contributed by atoms with E-state index in [1.807, 2.05) is 13.8 Å². The quantitative estimate of drug-likeness (QED) is 0.159. The lowest BCUT2D eigenvalue weighted by atomic mass is 9.70. The predicted octanol–water partition coefficient (Wildman–Crippen LogP) is 3.85. The van der Waals surface area contributed by atoms with Gasteiger partial charge in [0.25, 0.3) is 0 Å². The summed E-state index contributed by atoms with van der Waals surface area (Å²) >= 11 is 3.68. The van der Waals surface area contributed by atoms with Gasteiger partial charge in [-0.1, -0.05) is 48.9 Å². The summed E-state index contributed by atoms with van der Waals surface area (Å²) in [6.07, 6.45) is 5.36. The average Bonchev–Trinajstić information content (AvgIpc) is 3.41. The van der Waals surface area contributed by atoms with Crippen LogP contribution in [0.5, 0.6) is 0 Å². The molecule has 8 nitrogen and oxygen atoms in total. The van der Waals surface area contributed by atoms with E-state index in [0.717, 1.165) is 6.42 Å². The summed E-state index contributed by atoms with van der Waals surface area (Å²) in [7, 11) is 0. The number of ether oxygens (including phenoxy) is 2. The van der Waals surface area contributed by atoms with Gasteiger partial charge in [0.15, 0.2) is 0 Å². The molecule has 3 aliphatic heterocycles. The van der Waals surface area contributed by atoms with Crippen LogP contribution in [0.4, 0.5) is 0 Å². The van der Waals surface area contributed by atoms with E-state index >= 15 is 0 Å². The Morgan fingerprint density at radius 1 is 1.29 bits per heavy atom. The molecular weight excluding hydrogens is 552 g/mol. The number of esters is 1. The highest BCUT2D eigenvalue weighted by atomic mass is 79.9. The number of likely N-dealkylation sites (tertiary alicyclic amines) is 1. The first-order valence-corrected chi connectivity index (χ1v) is 14.5. The Bertz CT molecular complexity index is 946. The molecule has 2 amide bonds. The molecule has 9 heteroatoms. The number of fused-ring (bicyclic) bond motifs is 1. The van der Waals surface area contributed by atoms with E-state index in [9.17, 15) is 19.5 Å². The van der Waals surface area contributed by atoms with E-state index in [1.165, 1.54) is 4.90 Å². The Balaban J connectivity index is 2.05. The summed E-state index contributed by atoms with van der Waals surface area (Å²) in [6, 6.07) is -1.61. The Morgan fingerprint density at radius 3 is 2.50 bits per heavy atom. The number of nitrogens with zero attached hydrogens (tertiary/aromatic N) is 2. The van der Waals surface area contributed by atoms with E-state index in [2.05, 4.69) is 49.9 Å². The molecule has 3 fully saturated rings. The van der Waals surface area contributed by atoms with Crippen LogP contribution in [-0.2, 0) is 23.9 Å². The lowest BCUT2D eigenvalue weighted by Gasteiger charge is -2.46. The van der Waals surface area contributed by atoms with Crippen molar-refractivity contribution in [1.29, 1.82) is 0 Å². The highest BCUT2D eigenvalue weighted by Crippen LogP contribution is 2.61. The Morgan fingerprint density at radius 2 is 1.95 bits per heavy atom. The molecular formula is C29H45BrN2O6. The number of carbonyl (C=O) groups excluding carboxylic acids is 3. The number of carbonyl (C=O) groups is 3. The Hall–Kier alpha value is -1.71. The molecule has 7 atom stereocenters. The Kier molecular flexibility index (Phi) is 9.26. The van der Waals surface area contributed by atoms with E-state index in [4.69, 9.17) is 9.47 Å². The summed E-state index contributed by atoms with van der Waals surface area (Å²) in [6.45, 7) is 19.9. The standard InChI is InChI=1S/C29H45BrN2O6/c1-9-11-12-14-37-26(36)20-21-24(34)32(18(3)16-33)23(29(21)15-19(30)22(20)38-29)25(35)31(13-10-2)28(7,8)17-27(4,5)6/h9-10,18-23,33H,1-2,11-17H2,3-8H3/t18-,19?,20+,21+,22+,23?,29?/m1/s1. The van der Waals surface area contributed by atoms with E-state index < -0.39 is 47.1 Å². The highest BCUT2D eigenvalue weighted by molar-refractivity contribution is 9.09. The molecule has 0 aromatic carbocycles. The number of hydrogen-bond donors (Lipinski definition) is 1. The fourth-order valence-corrected chi connectivity index (χ4v) is 7.92. The van der Waals surface area contributed by atoms with Gasteiger partial charge in [0, 0.05) is 16.9 Å².